The maximum atomic E-state index is 6.24. The number of halogens is 2. The number of fused-ring (bicyclic) bond motifs is 1. The van der Waals surface area contributed by atoms with Gasteiger partial charge in [-0.25, -0.2) is 0 Å². The molecule has 2 nitrogen and oxygen atoms in total. The highest BCUT2D eigenvalue weighted by Crippen LogP contribution is 2.46. The fourth-order valence-corrected chi connectivity index (χ4v) is 3.80. The zero-order chi connectivity index (χ0) is 16.8. The first-order valence-corrected chi connectivity index (χ1v) is 8.57. The fourth-order valence-electron chi connectivity index (χ4n) is 3.35. The summed E-state index contributed by atoms with van der Waals surface area (Å²) in [7, 11) is 0. The number of benzene rings is 2. The Bertz CT molecular complexity index is 729. The summed E-state index contributed by atoms with van der Waals surface area (Å²) in [6.07, 6.45) is -0.133. The summed E-state index contributed by atoms with van der Waals surface area (Å²) >= 11 is 12.2. The van der Waals surface area contributed by atoms with Crippen molar-refractivity contribution in [2.75, 3.05) is 4.90 Å². The van der Waals surface area contributed by atoms with Crippen molar-refractivity contribution in [1.29, 1.82) is 0 Å². The standard InChI is InChI=1S/C19H21Cl2NO/c1-12-19(3,4)15-7-5-6-8-17(15)22(12)13(2)23-18-10-9-14(20)11-16(18)21/h5-13H,1-4H3. The third kappa shape index (κ3) is 2.79. The lowest BCUT2D eigenvalue weighted by molar-refractivity contribution is 0.197. The van der Waals surface area contributed by atoms with Crippen LogP contribution in [0.15, 0.2) is 42.5 Å². The van der Waals surface area contributed by atoms with Crippen molar-refractivity contribution < 1.29 is 4.74 Å². The van der Waals surface area contributed by atoms with Gasteiger partial charge in [-0.2, -0.15) is 0 Å². The van der Waals surface area contributed by atoms with Gasteiger partial charge < -0.3 is 9.64 Å². The molecule has 0 bridgehead atoms. The second kappa shape index (κ2) is 5.92. The van der Waals surface area contributed by atoms with Crippen LogP contribution in [0.5, 0.6) is 5.75 Å². The highest BCUT2D eigenvalue weighted by molar-refractivity contribution is 6.35. The second-order valence-electron chi connectivity index (χ2n) is 6.61. The van der Waals surface area contributed by atoms with Gasteiger partial charge in [0.2, 0.25) is 0 Å². The van der Waals surface area contributed by atoms with Crippen LogP contribution in [-0.4, -0.2) is 12.3 Å². The molecule has 23 heavy (non-hydrogen) atoms. The molecule has 0 saturated carbocycles. The normalized spacial score (nSPS) is 20.3. The van der Waals surface area contributed by atoms with Crippen LogP contribution in [0, 0.1) is 0 Å². The number of ether oxygens (including phenoxy) is 1. The van der Waals surface area contributed by atoms with E-state index in [2.05, 4.69) is 56.9 Å². The van der Waals surface area contributed by atoms with E-state index in [0.717, 1.165) is 0 Å². The van der Waals surface area contributed by atoms with E-state index in [1.165, 1.54) is 11.3 Å². The minimum Gasteiger partial charge on any atom is -0.469 e. The molecule has 0 N–H and O–H groups in total. The largest absolute Gasteiger partial charge is 0.469 e. The molecule has 0 saturated heterocycles. The van der Waals surface area contributed by atoms with Gasteiger partial charge in [0.05, 0.1) is 5.02 Å². The molecule has 122 valence electrons. The zero-order valence-corrected chi connectivity index (χ0v) is 15.3. The Hall–Kier alpha value is -1.38. The van der Waals surface area contributed by atoms with E-state index in [4.69, 9.17) is 27.9 Å². The fraction of sp³-hybridized carbons (Fsp3) is 0.368. The van der Waals surface area contributed by atoms with E-state index in [9.17, 15) is 0 Å². The molecule has 2 aromatic rings. The molecule has 0 radical (unpaired) electrons. The monoisotopic (exact) mass is 349 g/mol. The number of hydrogen-bond donors (Lipinski definition) is 0. The third-order valence-electron chi connectivity index (χ3n) is 4.92. The lowest BCUT2D eigenvalue weighted by Gasteiger charge is -2.35. The summed E-state index contributed by atoms with van der Waals surface area (Å²) in [5.74, 6) is 0.651. The summed E-state index contributed by atoms with van der Waals surface area (Å²) in [6.45, 7) is 8.85. The van der Waals surface area contributed by atoms with E-state index in [-0.39, 0.29) is 11.6 Å². The first-order chi connectivity index (χ1) is 10.8. The molecule has 1 aliphatic rings. The molecule has 1 heterocycles. The molecule has 0 spiro atoms. The minimum absolute atomic E-state index is 0.0675. The van der Waals surface area contributed by atoms with Gasteiger partial charge >= 0.3 is 0 Å². The topological polar surface area (TPSA) is 12.5 Å². The van der Waals surface area contributed by atoms with Crippen LogP contribution in [-0.2, 0) is 5.41 Å². The highest BCUT2D eigenvalue weighted by Gasteiger charge is 2.43. The van der Waals surface area contributed by atoms with E-state index in [1.54, 1.807) is 12.1 Å². The molecular formula is C19H21Cl2NO. The van der Waals surface area contributed by atoms with Crippen LogP contribution in [0.25, 0.3) is 0 Å². The Kier molecular flexibility index (Phi) is 4.24. The third-order valence-corrected chi connectivity index (χ3v) is 5.45. The Balaban J connectivity index is 1.92. The molecule has 0 fully saturated rings. The predicted molar refractivity (Wildman–Crippen MR) is 98.0 cm³/mol. The number of rotatable bonds is 3. The van der Waals surface area contributed by atoms with Crippen molar-refractivity contribution in [3.05, 3.63) is 58.1 Å². The Morgan fingerprint density at radius 2 is 1.83 bits per heavy atom. The summed E-state index contributed by atoms with van der Waals surface area (Å²) in [4.78, 5) is 2.32. The van der Waals surface area contributed by atoms with Crippen molar-refractivity contribution in [3.63, 3.8) is 0 Å². The number of para-hydroxylation sites is 1. The maximum absolute atomic E-state index is 6.24. The van der Waals surface area contributed by atoms with Gasteiger partial charge in [-0.05, 0) is 43.7 Å². The van der Waals surface area contributed by atoms with E-state index < -0.39 is 0 Å². The SMILES string of the molecule is CC(Oc1ccc(Cl)cc1Cl)N1c2ccccc2C(C)(C)C1C. The quantitative estimate of drug-likeness (QED) is 0.683. The van der Waals surface area contributed by atoms with Crippen LogP contribution in [0.4, 0.5) is 5.69 Å². The van der Waals surface area contributed by atoms with Crippen LogP contribution >= 0.6 is 23.2 Å². The van der Waals surface area contributed by atoms with Gasteiger partial charge in [0, 0.05) is 22.2 Å². The summed E-state index contributed by atoms with van der Waals surface area (Å²) < 4.78 is 6.14. The average Bonchev–Trinajstić information content (AvgIpc) is 2.70. The first-order valence-electron chi connectivity index (χ1n) is 7.82. The van der Waals surface area contributed by atoms with Crippen LogP contribution < -0.4 is 9.64 Å². The van der Waals surface area contributed by atoms with Crippen LogP contribution in [0.3, 0.4) is 0 Å². The molecule has 4 heteroatoms. The lowest BCUT2D eigenvalue weighted by Crippen LogP contribution is -2.46. The second-order valence-corrected chi connectivity index (χ2v) is 7.46. The summed E-state index contributed by atoms with van der Waals surface area (Å²) in [5, 5.41) is 1.14. The van der Waals surface area contributed by atoms with Gasteiger partial charge in [0.1, 0.15) is 5.75 Å². The Labute approximate surface area is 148 Å². The van der Waals surface area contributed by atoms with E-state index >= 15 is 0 Å². The maximum Gasteiger partial charge on any atom is 0.169 e. The van der Waals surface area contributed by atoms with Crippen molar-refractivity contribution in [2.45, 2.75) is 45.4 Å². The molecule has 0 amide bonds. The van der Waals surface area contributed by atoms with Gasteiger partial charge in [0.25, 0.3) is 0 Å². The number of anilines is 1. The summed E-state index contributed by atoms with van der Waals surface area (Å²) in [5.41, 5.74) is 2.64. The van der Waals surface area contributed by atoms with Gasteiger partial charge in [-0.1, -0.05) is 55.2 Å². The smallest absolute Gasteiger partial charge is 0.169 e. The van der Waals surface area contributed by atoms with Crippen LogP contribution in [0.1, 0.15) is 33.3 Å². The van der Waals surface area contributed by atoms with Crippen molar-refractivity contribution >= 4 is 28.9 Å². The predicted octanol–water partition coefficient (Wildman–Crippen LogP) is 5.90. The van der Waals surface area contributed by atoms with Gasteiger partial charge in [0.15, 0.2) is 6.23 Å². The summed E-state index contributed by atoms with van der Waals surface area (Å²) in [6, 6.07) is 14.2. The van der Waals surface area contributed by atoms with E-state index in [1.807, 2.05) is 6.07 Å². The molecule has 2 unspecified atom stereocenters. The molecule has 3 rings (SSSR count). The molecule has 0 aliphatic carbocycles. The van der Waals surface area contributed by atoms with E-state index in [0.29, 0.717) is 21.8 Å². The van der Waals surface area contributed by atoms with Crippen LogP contribution in [0.2, 0.25) is 10.0 Å². The minimum atomic E-state index is -0.133. The Morgan fingerprint density at radius 1 is 1.13 bits per heavy atom. The van der Waals surface area contributed by atoms with Crippen molar-refractivity contribution in [1.82, 2.24) is 0 Å². The average molecular weight is 350 g/mol. The molecule has 0 aromatic heterocycles. The molecule has 2 atom stereocenters. The molecule has 1 aliphatic heterocycles. The lowest BCUT2D eigenvalue weighted by atomic mass is 9.81. The van der Waals surface area contributed by atoms with Gasteiger partial charge in [-0.15, -0.1) is 0 Å². The Morgan fingerprint density at radius 3 is 2.52 bits per heavy atom. The molecule has 2 aromatic carbocycles. The highest BCUT2D eigenvalue weighted by atomic mass is 35.5. The van der Waals surface area contributed by atoms with Gasteiger partial charge in [-0.3, -0.25) is 0 Å². The van der Waals surface area contributed by atoms with Crippen molar-refractivity contribution in [3.8, 4) is 5.75 Å². The first kappa shape index (κ1) is 16.5. The number of hydrogen-bond acceptors (Lipinski definition) is 2. The zero-order valence-electron chi connectivity index (χ0n) is 13.8. The van der Waals surface area contributed by atoms with Crippen molar-refractivity contribution in [2.24, 2.45) is 0 Å². The number of nitrogens with zero attached hydrogens (tertiary/aromatic N) is 1. The molecular weight excluding hydrogens is 329 g/mol.